The first kappa shape index (κ1) is 18.7. The van der Waals surface area contributed by atoms with Crippen LogP contribution in [-0.2, 0) is 4.79 Å². The minimum atomic E-state index is -0.934. The molecule has 0 bridgehead atoms. The van der Waals surface area contributed by atoms with Crippen molar-refractivity contribution in [2.24, 2.45) is 0 Å². The van der Waals surface area contributed by atoms with Gasteiger partial charge in [0.1, 0.15) is 0 Å². The number of allylic oxidation sites excluding steroid dienone is 5. The largest absolute Gasteiger partial charge is 0.478 e. The van der Waals surface area contributed by atoms with Crippen molar-refractivity contribution in [3.05, 3.63) is 36.5 Å². The first-order chi connectivity index (χ1) is 9.66. The molecule has 0 spiro atoms. The molecule has 3 heteroatoms. The smallest absolute Gasteiger partial charge is 0.328 e. The van der Waals surface area contributed by atoms with Crippen molar-refractivity contribution < 1.29 is 15.0 Å². The van der Waals surface area contributed by atoms with E-state index in [-0.39, 0.29) is 6.10 Å². The lowest BCUT2D eigenvalue weighted by Crippen LogP contribution is -2.05. The van der Waals surface area contributed by atoms with Crippen molar-refractivity contribution in [1.82, 2.24) is 0 Å². The summed E-state index contributed by atoms with van der Waals surface area (Å²) >= 11 is 0. The number of hydrogen-bond donors (Lipinski definition) is 2. The van der Waals surface area contributed by atoms with Gasteiger partial charge in [0.15, 0.2) is 0 Å². The predicted octanol–water partition coefficient (Wildman–Crippen LogP) is 4.24. The minimum absolute atomic E-state index is 0.133. The lowest BCUT2D eigenvalue weighted by molar-refractivity contribution is -0.131. The molecule has 0 fully saturated rings. The highest BCUT2D eigenvalue weighted by atomic mass is 16.4. The van der Waals surface area contributed by atoms with Gasteiger partial charge in [-0.1, -0.05) is 63.0 Å². The van der Waals surface area contributed by atoms with Gasteiger partial charge in [-0.2, -0.15) is 0 Å². The van der Waals surface area contributed by atoms with Crippen LogP contribution in [0.3, 0.4) is 0 Å². The number of carboxylic acid groups (broad SMARTS) is 1. The molecule has 0 aromatic heterocycles. The summed E-state index contributed by atoms with van der Waals surface area (Å²) in [7, 11) is 0. The first-order valence-corrected chi connectivity index (χ1v) is 7.57. The van der Waals surface area contributed by atoms with Crippen molar-refractivity contribution in [2.45, 2.75) is 64.4 Å². The van der Waals surface area contributed by atoms with E-state index in [9.17, 15) is 9.90 Å². The molecule has 114 valence electrons. The Morgan fingerprint density at radius 2 is 1.65 bits per heavy atom. The van der Waals surface area contributed by atoms with E-state index in [4.69, 9.17) is 5.11 Å². The molecule has 0 rings (SSSR count). The zero-order chi connectivity index (χ0) is 15.1. The molecule has 0 saturated heterocycles. The quantitative estimate of drug-likeness (QED) is 0.319. The number of aliphatic hydroxyl groups excluding tert-OH is 1. The van der Waals surface area contributed by atoms with Gasteiger partial charge in [0, 0.05) is 6.08 Å². The van der Waals surface area contributed by atoms with Gasteiger partial charge in [-0.05, 0) is 25.7 Å². The second kappa shape index (κ2) is 14.1. The number of hydrogen-bond acceptors (Lipinski definition) is 2. The summed E-state index contributed by atoms with van der Waals surface area (Å²) in [6.45, 7) is 2.17. The average Bonchev–Trinajstić information content (AvgIpc) is 2.41. The average molecular weight is 280 g/mol. The van der Waals surface area contributed by atoms with Crippen molar-refractivity contribution >= 4 is 5.97 Å². The molecule has 3 nitrogen and oxygen atoms in total. The van der Waals surface area contributed by atoms with Crippen molar-refractivity contribution in [3.63, 3.8) is 0 Å². The Morgan fingerprint density at radius 1 is 1.00 bits per heavy atom. The lowest BCUT2D eigenvalue weighted by Gasteiger charge is -2.09. The maximum atomic E-state index is 10.2. The van der Waals surface area contributed by atoms with Crippen LogP contribution in [0.4, 0.5) is 0 Å². The molecule has 0 aromatic carbocycles. The monoisotopic (exact) mass is 280 g/mol. The Balaban J connectivity index is 3.45. The van der Waals surface area contributed by atoms with Crippen LogP contribution < -0.4 is 0 Å². The molecular formula is C17H28O3. The van der Waals surface area contributed by atoms with Gasteiger partial charge in [-0.3, -0.25) is 0 Å². The molecule has 2 N–H and O–H groups in total. The van der Waals surface area contributed by atoms with E-state index in [0.717, 1.165) is 44.6 Å². The van der Waals surface area contributed by atoms with E-state index < -0.39 is 5.97 Å². The molecule has 0 heterocycles. The molecule has 0 amide bonds. The summed E-state index contributed by atoms with van der Waals surface area (Å²) in [4.78, 5) is 10.2. The van der Waals surface area contributed by atoms with Crippen molar-refractivity contribution in [2.75, 3.05) is 0 Å². The summed E-state index contributed by atoms with van der Waals surface area (Å²) in [5.41, 5.74) is 0. The van der Waals surface area contributed by atoms with E-state index in [2.05, 4.69) is 13.0 Å². The number of rotatable bonds is 12. The Bertz CT molecular complexity index is 316. The maximum Gasteiger partial charge on any atom is 0.328 e. The van der Waals surface area contributed by atoms with Crippen LogP contribution >= 0.6 is 0 Å². The Morgan fingerprint density at radius 3 is 2.30 bits per heavy atom. The third-order valence-corrected chi connectivity index (χ3v) is 3.01. The van der Waals surface area contributed by atoms with Crippen LogP contribution in [0.1, 0.15) is 58.3 Å². The van der Waals surface area contributed by atoms with E-state index in [1.165, 1.54) is 18.9 Å². The van der Waals surface area contributed by atoms with Crippen LogP contribution in [0, 0.1) is 0 Å². The summed E-state index contributed by atoms with van der Waals surface area (Å²) in [5.74, 6) is -0.934. The van der Waals surface area contributed by atoms with E-state index in [1.807, 2.05) is 12.2 Å². The highest BCUT2D eigenvalue weighted by molar-refractivity contribution is 5.80. The molecule has 0 aliphatic carbocycles. The number of carboxylic acids is 1. The van der Waals surface area contributed by atoms with Gasteiger partial charge < -0.3 is 10.2 Å². The van der Waals surface area contributed by atoms with Crippen LogP contribution in [-0.4, -0.2) is 22.3 Å². The molecular weight excluding hydrogens is 252 g/mol. The first-order valence-electron chi connectivity index (χ1n) is 7.57. The van der Waals surface area contributed by atoms with Crippen LogP contribution in [0.2, 0.25) is 0 Å². The van der Waals surface area contributed by atoms with Crippen molar-refractivity contribution in [3.8, 4) is 0 Å². The van der Waals surface area contributed by atoms with Crippen LogP contribution in [0.5, 0.6) is 0 Å². The van der Waals surface area contributed by atoms with E-state index in [1.54, 1.807) is 6.08 Å². The number of carbonyl (C=O) groups is 1. The van der Waals surface area contributed by atoms with Crippen LogP contribution in [0.25, 0.3) is 0 Å². The van der Waals surface area contributed by atoms with Crippen molar-refractivity contribution in [1.29, 1.82) is 0 Å². The summed E-state index contributed by atoms with van der Waals surface area (Å²) in [5, 5.41) is 18.1. The number of aliphatic hydroxyl groups is 1. The van der Waals surface area contributed by atoms with E-state index >= 15 is 0 Å². The molecule has 0 saturated carbocycles. The second-order valence-corrected chi connectivity index (χ2v) is 4.94. The normalized spacial score (nSPS) is 13.7. The zero-order valence-corrected chi connectivity index (χ0v) is 12.5. The fourth-order valence-electron chi connectivity index (χ4n) is 1.86. The van der Waals surface area contributed by atoms with Gasteiger partial charge in [0.2, 0.25) is 0 Å². The molecule has 0 aliphatic rings. The Kier molecular flexibility index (Phi) is 13.1. The Hall–Kier alpha value is -1.35. The standard InChI is InChI=1S/C17H28O3/c1-2-3-10-13-16(18)14-11-8-6-4-5-7-9-12-15-17(19)20/h4-5,7,9,12,15-16,18H,2-3,6,8,10-11,13-14H2,1H3,(H,19,20). The molecule has 0 aliphatic heterocycles. The molecule has 1 unspecified atom stereocenters. The number of aliphatic carboxylic acids is 1. The highest BCUT2D eigenvalue weighted by Crippen LogP contribution is 2.10. The molecule has 0 radical (unpaired) electrons. The topological polar surface area (TPSA) is 57.5 Å². The Labute approximate surface area is 122 Å². The molecule has 1 atom stereocenters. The van der Waals surface area contributed by atoms with Gasteiger partial charge in [-0.15, -0.1) is 0 Å². The van der Waals surface area contributed by atoms with Crippen LogP contribution in [0.15, 0.2) is 36.5 Å². The van der Waals surface area contributed by atoms with Gasteiger partial charge >= 0.3 is 5.97 Å². The summed E-state index contributed by atoms with van der Waals surface area (Å²) < 4.78 is 0. The SMILES string of the molecule is CCCCCC(O)CCCCC=CC=CC=CC(=O)O. The van der Waals surface area contributed by atoms with Gasteiger partial charge in [0.25, 0.3) is 0 Å². The van der Waals surface area contributed by atoms with Gasteiger partial charge in [0.05, 0.1) is 6.10 Å². The molecule has 20 heavy (non-hydrogen) atoms. The fourth-order valence-corrected chi connectivity index (χ4v) is 1.86. The van der Waals surface area contributed by atoms with E-state index in [0.29, 0.717) is 0 Å². The highest BCUT2D eigenvalue weighted by Gasteiger charge is 2.02. The lowest BCUT2D eigenvalue weighted by atomic mass is 10.0. The third kappa shape index (κ3) is 14.7. The summed E-state index contributed by atoms with van der Waals surface area (Å²) in [6, 6.07) is 0. The maximum absolute atomic E-state index is 10.2. The third-order valence-electron chi connectivity index (χ3n) is 3.01. The second-order valence-electron chi connectivity index (χ2n) is 4.94. The molecule has 0 aromatic rings. The zero-order valence-electron chi connectivity index (χ0n) is 12.5. The number of unbranched alkanes of at least 4 members (excludes halogenated alkanes) is 4. The minimum Gasteiger partial charge on any atom is -0.478 e. The fraction of sp³-hybridized carbons (Fsp3) is 0.588. The van der Waals surface area contributed by atoms with Gasteiger partial charge in [-0.25, -0.2) is 4.79 Å². The summed E-state index contributed by atoms with van der Waals surface area (Å²) in [6.07, 6.45) is 18.5. The predicted molar refractivity (Wildman–Crippen MR) is 83.7 cm³/mol.